The van der Waals surface area contributed by atoms with Gasteiger partial charge in [-0.25, -0.2) is 13.4 Å². The fourth-order valence-electron chi connectivity index (χ4n) is 1.98. The molecule has 1 unspecified atom stereocenters. The summed E-state index contributed by atoms with van der Waals surface area (Å²) < 4.78 is 32.2. The smallest absolute Gasteiger partial charge is 0.243 e. The van der Waals surface area contributed by atoms with Crippen LogP contribution in [-0.4, -0.2) is 41.6 Å². The fourth-order valence-corrected chi connectivity index (χ4v) is 3.88. The number of hydrogen-bond donors (Lipinski definition) is 2. The van der Waals surface area contributed by atoms with E-state index in [1.807, 2.05) is 6.92 Å². The Labute approximate surface area is 136 Å². The number of ether oxygens (including phenoxy) is 1. The zero-order valence-electron chi connectivity index (χ0n) is 12.4. The molecule has 6 nitrogen and oxygen atoms in total. The van der Waals surface area contributed by atoms with Crippen molar-refractivity contribution in [1.82, 2.24) is 14.3 Å². The molecule has 0 fully saturated rings. The molecule has 0 radical (unpaired) electrons. The third-order valence-electron chi connectivity index (χ3n) is 3.28. The molecule has 0 aliphatic rings. The zero-order valence-corrected chi connectivity index (χ0v) is 14.1. The van der Waals surface area contributed by atoms with E-state index in [-0.39, 0.29) is 17.5 Å². The SMILES string of the molecule is COc1ccc(S(=O)(=O)N(Cc2ncc[nH]2)C(C)CS)cc1. The molecule has 1 heterocycles. The molecular formula is C14H19N3O3S2. The van der Waals surface area contributed by atoms with E-state index in [0.717, 1.165) is 0 Å². The van der Waals surface area contributed by atoms with Crippen LogP contribution >= 0.6 is 12.6 Å². The van der Waals surface area contributed by atoms with Gasteiger partial charge in [-0.05, 0) is 31.2 Å². The quantitative estimate of drug-likeness (QED) is 0.755. The van der Waals surface area contributed by atoms with Gasteiger partial charge in [0.1, 0.15) is 11.6 Å². The van der Waals surface area contributed by atoms with Crippen LogP contribution in [0.5, 0.6) is 5.75 Å². The van der Waals surface area contributed by atoms with Crippen LogP contribution < -0.4 is 4.74 Å². The van der Waals surface area contributed by atoms with Crippen molar-refractivity contribution in [2.45, 2.75) is 24.4 Å². The fraction of sp³-hybridized carbons (Fsp3) is 0.357. The second-order valence-corrected chi connectivity index (χ2v) is 7.05. The first-order valence-electron chi connectivity index (χ1n) is 6.74. The predicted octanol–water partition coefficient (Wildman–Crippen LogP) is 1.93. The van der Waals surface area contributed by atoms with E-state index in [9.17, 15) is 8.42 Å². The minimum atomic E-state index is -3.64. The highest BCUT2D eigenvalue weighted by atomic mass is 32.2. The molecule has 0 saturated heterocycles. The van der Waals surface area contributed by atoms with Gasteiger partial charge in [0, 0.05) is 24.2 Å². The number of benzene rings is 1. The second-order valence-electron chi connectivity index (χ2n) is 4.79. The van der Waals surface area contributed by atoms with E-state index in [1.165, 1.54) is 23.5 Å². The van der Waals surface area contributed by atoms with Gasteiger partial charge in [-0.2, -0.15) is 16.9 Å². The van der Waals surface area contributed by atoms with E-state index >= 15 is 0 Å². The molecule has 1 aromatic heterocycles. The molecule has 22 heavy (non-hydrogen) atoms. The Hall–Kier alpha value is -1.51. The van der Waals surface area contributed by atoms with Gasteiger partial charge in [0.15, 0.2) is 0 Å². The first kappa shape index (κ1) is 16.9. The summed E-state index contributed by atoms with van der Waals surface area (Å²) in [4.78, 5) is 7.24. The molecule has 8 heteroatoms. The summed E-state index contributed by atoms with van der Waals surface area (Å²) in [7, 11) is -2.11. The predicted molar refractivity (Wildman–Crippen MR) is 87.6 cm³/mol. The third-order valence-corrected chi connectivity index (χ3v) is 5.79. The molecule has 0 spiro atoms. The normalized spacial score (nSPS) is 13.3. The Bertz CT molecular complexity index is 685. The van der Waals surface area contributed by atoms with Gasteiger partial charge in [-0.15, -0.1) is 0 Å². The molecule has 2 aromatic rings. The number of nitrogens with zero attached hydrogens (tertiary/aromatic N) is 2. The largest absolute Gasteiger partial charge is 0.497 e. The number of methoxy groups -OCH3 is 1. The molecule has 1 atom stereocenters. The van der Waals surface area contributed by atoms with Gasteiger partial charge in [0.2, 0.25) is 10.0 Å². The highest BCUT2D eigenvalue weighted by molar-refractivity contribution is 7.89. The number of rotatable bonds is 7. The molecule has 1 aromatic carbocycles. The summed E-state index contributed by atoms with van der Waals surface area (Å²) >= 11 is 4.23. The maximum absolute atomic E-state index is 12.9. The van der Waals surface area contributed by atoms with Gasteiger partial charge in [-0.3, -0.25) is 0 Å². The maximum atomic E-state index is 12.9. The van der Waals surface area contributed by atoms with Crippen LogP contribution in [0, 0.1) is 0 Å². The summed E-state index contributed by atoms with van der Waals surface area (Å²) in [6, 6.07) is 6.07. The van der Waals surface area contributed by atoms with E-state index in [0.29, 0.717) is 17.3 Å². The van der Waals surface area contributed by atoms with Crippen molar-refractivity contribution in [2.24, 2.45) is 0 Å². The minimum Gasteiger partial charge on any atom is -0.497 e. The van der Waals surface area contributed by atoms with Crippen molar-refractivity contribution >= 4 is 22.7 Å². The number of hydrogen-bond acceptors (Lipinski definition) is 5. The number of H-pyrrole nitrogens is 1. The van der Waals surface area contributed by atoms with E-state index in [2.05, 4.69) is 22.6 Å². The van der Waals surface area contributed by atoms with Crippen LogP contribution in [0.4, 0.5) is 0 Å². The molecular weight excluding hydrogens is 322 g/mol. The van der Waals surface area contributed by atoms with Gasteiger partial charge in [-0.1, -0.05) is 0 Å². The van der Waals surface area contributed by atoms with Crippen molar-refractivity contribution in [2.75, 3.05) is 12.9 Å². The van der Waals surface area contributed by atoms with E-state index in [1.54, 1.807) is 24.5 Å². The van der Waals surface area contributed by atoms with Gasteiger partial charge < -0.3 is 9.72 Å². The molecule has 0 aliphatic heterocycles. The summed E-state index contributed by atoms with van der Waals surface area (Å²) in [6.45, 7) is 1.99. The molecule has 120 valence electrons. The third kappa shape index (κ3) is 3.63. The Morgan fingerprint density at radius 3 is 2.55 bits per heavy atom. The number of imidazole rings is 1. The molecule has 0 amide bonds. The van der Waals surface area contributed by atoms with Crippen molar-refractivity contribution in [1.29, 1.82) is 0 Å². The highest BCUT2D eigenvalue weighted by Crippen LogP contribution is 2.23. The summed E-state index contributed by atoms with van der Waals surface area (Å²) in [5, 5.41) is 0. The van der Waals surface area contributed by atoms with Crippen molar-refractivity contribution in [3.8, 4) is 5.75 Å². The van der Waals surface area contributed by atoms with Gasteiger partial charge in [0.05, 0.1) is 18.6 Å². The van der Waals surface area contributed by atoms with Gasteiger partial charge >= 0.3 is 0 Å². The topological polar surface area (TPSA) is 75.3 Å². The number of thiol groups is 1. The van der Waals surface area contributed by atoms with Crippen LogP contribution in [0.3, 0.4) is 0 Å². The summed E-state index contributed by atoms with van der Waals surface area (Å²) in [5.74, 6) is 1.61. The lowest BCUT2D eigenvalue weighted by Crippen LogP contribution is -2.39. The highest BCUT2D eigenvalue weighted by Gasteiger charge is 2.29. The second kappa shape index (κ2) is 7.17. The number of nitrogens with one attached hydrogen (secondary N) is 1. The Kier molecular flexibility index (Phi) is 5.49. The van der Waals surface area contributed by atoms with Gasteiger partial charge in [0.25, 0.3) is 0 Å². The number of aromatic amines is 1. The van der Waals surface area contributed by atoms with Crippen LogP contribution in [-0.2, 0) is 16.6 Å². The molecule has 2 rings (SSSR count). The number of sulfonamides is 1. The molecule has 0 bridgehead atoms. The van der Waals surface area contributed by atoms with Crippen molar-refractivity contribution in [3.63, 3.8) is 0 Å². The average molecular weight is 341 g/mol. The Balaban J connectivity index is 2.35. The minimum absolute atomic E-state index is 0.170. The summed E-state index contributed by atoms with van der Waals surface area (Å²) in [6.07, 6.45) is 3.26. The van der Waals surface area contributed by atoms with Crippen LogP contribution in [0.15, 0.2) is 41.6 Å². The molecule has 0 saturated carbocycles. The lowest BCUT2D eigenvalue weighted by atomic mass is 10.3. The zero-order chi connectivity index (χ0) is 16.2. The van der Waals surface area contributed by atoms with Crippen molar-refractivity contribution < 1.29 is 13.2 Å². The Morgan fingerprint density at radius 2 is 2.05 bits per heavy atom. The first-order chi connectivity index (χ1) is 10.5. The molecule has 1 N–H and O–H groups in total. The maximum Gasteiger partial charge on any atom is 0.243 e. The van der Waals surface area contributed by atoms with E-state index < -0.39 is 10.0 Å². The summed E-state index contributed by atoms with van der Waals surface area (Å²) in [5.41, 5.74) is 0. The average Bonchev–Trinajstić information content (AvgIpc) is 3.05. The van der Waals surface area contributed by atoms with Crippen molar-refractivity contribution in [3.05, 3.63) is 42.5 Å². The standard InChI is InChI=1S/C14H19N3O3S2/c1-11(10-21)17(9-14-15-7-8-16-14)22(18,19)13-5-3-12(20-2)4-6-13/h3-8,11,21H,9-10H2,1-2H3,(H,15,16). The first-order valence-corrected chi connectivity index (χ1v) is 8.81. The van der Waals surface area contributed by atoms with E-state index in [4.69, 9.17) is 4.74 Å². The molecule has 0 aliphatic carbocycles. The lowest BCUT2D eigenvalue weighted by molar-refractivity contribution is 0.345. The number of aromatic nitrogens is 2. The Morgan fingerprint density at radius 1 is 1.36 bits per heavy atom. The van der Waals surface area contributed by atoms with Crippen LogP contribution in [0.1, 0.15) is 12.7 Å². The monoisotopic (exact) mass is 341 g/mol. The van der Waals surface area contributed by atoms with Crippen LogP contribution in [0.2, 0.25) is 0 Å². The lowest BCUT2D eigenvalue weighted by Gasteiger charge is -2.26. The van der Waals surface area contributed by atoms with Crippen LogP contribution in [0.25, 0.3) is 0 Å².